The Bertz CT molecular complexity index is 657. The van der Waals surface area contributed by atoms with Crippen molar-refractivity contribution >= 4 is 5.97 Å². The lowest BCUT2D eigenvalue weighted by Gasteiger charge is -2.39. The molecule has 0 aliphatic carbocycles. The van der Waals surface area contributed by atoms with Crippen LogP contribution in [0.2, 0.25) is 0 Å². The van der Waals surface area contributed by atoms with Gasteiger partial charge in [0.1, 0.15) is 37.1 Å². The smallest absolute Gasteiger partial charge is 0.330 e. The lowest BCUT2D eigenvalue weighted by molar-refractivity contribution is -0.304. The van der Waals surface area contributed by atoms with Gasteiger partial charge in [-0.25, -0.2) is 4.79 Å². The second-order valence-corrected chi connectivity index (χ2v) is 8.07. The lowest BCUT2D eigenvalue weighted by Crippen LogP contribution is -2.59. The molecule has 1 aliphatic rings. The number of carbonyl (C=O) groups excluding carboxylic acids is 1. The van der Waals surface area contributed by atoms with Gasteiger partial charge in [0.15, 0.2) is 6.29 Å². The first kappa shape index (κ1) is 30.2. The van der Waals surface area contributed by atoms with Crippen LogP contribution in [-0.4, -0.2) is 88.1 Å². The molecule has 0 aromatic heterocycles. The number of hydrogen-bond acceptors (Lipinski definition) is 9. The number of ether oxygens (including phenoxy) is 3. The molecule has 1 rings (SSSR count). The van der Waals surface area contributed by atoms with Crippen LogP contribution in [0.5, 0.6) is 0 Å². The molecule has 0 aromatic rings. The van der Waals surface area contributed by atoms with Crippen LogP contribution in [0.25, 0.3) is 0 Å². The largest absolute Gasteiger partial charge is 0.460 e. The quantitative estimate of drug-likeness (QED) is 0.0946. The van der Waals surface area contributed by atoms with Gasteiger partial charge in [0.05, 0.1) is 13.2 Å². The van der Waals surface area contributed by atoms with Crippen molar-refractivity contribution in [3.05, 3.63) is 48.6 Å². The molecule has 1 heterocycles. The predicted molar refractivity (Wildman–Crippen MR) is 127 cm³/mol. The molecule has 1 unspecified atom stereocenters. The highest BCUT2D eigenvalue weighted by Crippen LogP contribution is 2.22. The van der Waals surface area contributed by atoms with Gasteiger partial charge in [-0.05, 0) is 12.8 Å². The van der Waals surface area contributed by atoms with E-state index < -0.39 is 49.4 Å². The Morgan fingerprint density at radius 2 is 1.59 bits per heavy atom. The van der Waals surface area contributed by atoms with Crippen LogP contribution in [0.1, 0.15) is 45.4 Å². The second-order valence-electron chi connectivity index (χ2n) is 8.07. The third-order valence-electron chi connectivity index (χ3n) is 5.12. The zero-order chi connectivity index (χ0) is 25.2. The van der Waals surface area contributed by atoms with Gasteiger partial charge in [-0.2, -0.15) is 0 Å². The van der Waals surface area contributed by atoms with Gasteiger partial charge in [-0.15, -0.1) is 0 Å². The normalized spacial score (nSPS) is 26.8. The van der Waals surface area contributed by atoms with Crippen molar-refractivity contribution in [1.82, 2.24) is 0 Å². The van der Waals surface area contributed by atoms with Gasteiger partial charge < -0.3 is 39.7 Å². The molecule has 0 bridgehead atoms. The molecule has 1 fully saturated rings. The molecule has 194 valence electrons. The number of allylic oxidation sites excluding steroid dienone is 7. The Morgan fingerprint density at radius 3 is 2.29 bits per heavy atom. The van der Waals surface area contributed by atoms with Crippen molar-refractivity contribution in [1.29, 1.82) is 0 Å². The van der Waals surface area contributed by atoms with Crippen LogP contribution in [-0.2, 0) is 19.0 Å². The topological polar surface area (TPSA) is 146 Å². The van der Waals surface area contributed by atoms with Crippen LogP contribution >= 0.6 is 0 Å². The minimum absolute atomic E-state index is 0.354. The van der Waals surface area contributed by atoms with Gasteiger partial charge in [0, 0.05) is 6.08 Å². The molecule has 34 heavy (non-hydrogen) atoms. The van der Waals surface area contributed by atoms with Gasteiger partial charge in [0.25, 0.3) is 0 Å². The van der Waals surface area contributed by atoms with Crippen molar-refractivity contribution in [3.63, 3.8) is 0 Å². The van der Waals surface area contributed by atoms with E-state index in [9.17, 15) is 25.2 Å². The first-order chi connectivity index (χ1) is 16.4. The molecular weight excluding hydrogens is 444 g/mol. The van der Waals surface area contributed by atoms with Crippen molar-refractivity contribution in [2.45, 2.75) is 82.3 Å². The van der Waals surface area contributed by atoms with E-state index in [-0.39, 0.29) is 13.2 Å². The van der Waals surface area contributed by atoms with Crippen molar-refractivity contribution in [2.24, 2.45) is 0 Å². The van der Waals surface area contributed by atoms with E-state index in [4.69, 9.17) is 19.3 Å². The minimum atomic E-state index is -1.57. The van der Waals surface area contributed by atoms with Crippen molar-refractivity contribution in [3.8, 4) is 0 Å². The van der Waals surface area contributed by atoms with Gasteiger partial charge in [-0.1, -0.05) is 75.1 Å². The number of carbonyl (C=O) groups is 1. The first-order valence-electron chi connectivity index (χ1n) is 11.8. The number of unbranched alkanes of at least 4 members (excludes halogenated alkanes) is 5. The number of hydrogen-bond donors (Lipinski definition) is 5. The fraction of sp³-hybridized carbons (Fsp3) is 0.640. The summed E-state index contributed by atoms with van der Waals surface area (Å²) in [6.45, 7) is 0.901. The van der Waals surface area contributed by atoms with Gasteiger partial charge in [-0.3, -0.25) is 0 Å². The van der Waals surface area contributed by atoms with Gasteiger partial charge >= 0.3 is 5.97 Å². The van der Waals surface area contributed by atoms with E-state index in [1.54, 1.807) is 12.2 Å². The molecule has 9 nitrogen and oxygen atoms in total. The third-order valence-corrected chi connectivity index (χ3v) is 5.12. The van der Waals surface area contributed by atoms with Crippen LogP contribution in [0.3, 0.4) is 0 Å². The predicted octanol–water partition coefficient (Wildman–Crippen LogP) is 1.29. The number of esters is 1. The Hall–Kier alpha value is -1.85. The van der Waals surface area contributed by atoms with Crippen molar-refractivity contribution in [2.75, 3.05) is 19.8 Å². The van der Waals surface area contributed by atoms with Gasteiger partial charge in [0.2, 0.25) is 0 Å². The summed E-state index contributed by atoms with van der Waals surface area (Å²) in [5.41, 5.74) is 0. The molecule has 9 heteroatoms. The average Bonchev–Trinajstić information content (AvgIpc) is 2.83. The molecule has 1 aliphatic heterocycles. The maximum absolute atomic E-state index is 11.7. The average molecular weight is 485 g/mol. The Kier molecular flexibility index (Phi) is 16.4. The molecule has 5 N–H and O–H groups in total. The van der Waals surface area contributed by atoms with E-state index in [0.29, 0.717) is 0 Å². The number of aliphatic hydroxyl groups is 5. The summed E-state index contributed by atoms with van der Waals surface area (Å²) in [7, 11) is 0. The summed E-state index contributed by atoms with van der Waals surface area (Å²) < 4.78 is 15.2. The van der Waals surface area contributed by atoms with E-state index >= 15 is 0 Å². The molecule has 6 atom stereocenters. The van der Waals surface area contributed by atoms with E-state index in [1.807, 2.05) is 18.2 Å². The summed E-state index contributed by atoms with van der Waals surface area (Å²) in [6, 6.07) is 0. The lowest BCUT2D eigenvalue weighted by atomic mass is 9.99. The second kappa shape index (κ2) is 18.5. The molecular formula is C25H40O9. The molecule has 0 saturated carbocycles. The van der Waals surface area contributed by atoms with Crippen LogP contribution in [0.4, 0.5) is 0 Å². The zero-order valence-corrected chi connectivity index (χ0v) is 19.8. The fourth-order valence-electron chi connectivity index (χ4n) is 3.12. The zero-order valence-electron chi connectivity index (χ0n) is 19.8. The highest BCUT2D eigenvalue weighted by molar-refractivity contribution is 5.82. The Labute approximate surface area is 201 Å². The summed E-state index contributed by atoms with van der Waals surface area (Å²) in [6.07, 6.45) is 13.2. The maximum Gasteiger partial charge on any atom is 0.330 e. The summed E-state index contributed by atoms with van der Waals surface area (Å²) in [5.74, 6) is -0.650. The molecule has 1 saturated heterocycles. The van der Waals surface area contributed by atoms with Crippen LogP contribution < -0.4 is 0 Å². The SMILES string of the molecule is CCCCCCC/C=C\C=C\C=CC=CC(=O)OCC(O)CO[C@@H]1O[C@H](CO)[C@H](O)[C@H](O)[C@@H]1O. The molecule has 0 spiro atoms. The highest BCUT2D eigenvalue weighted by atomic mass is 16.7. The third kappa shape index (κ3) is 12.6. The Balaban J connectivity index is 2.19. The maximum atomic E-state index is 11.7. The summed E-state index contributed by atoms with van der Waals surface area (Å²) in [4.78, 5) is 11.7. The highest BCUT2D eigenvalue weighted by Gasteiger charge is 2.44. The summed E-state index contributed by atoms with van der Waals surface area (Å²) in [5, 5.41) is 48.3. The fourth-order valence-corrected chi connectivity index (χ4v) is 3.12. The number of rotatable bonds is 16. The van der Waals surface area contributed by atoms with E-state index in [1.165, 1.54) is 44.3 Å². The standard InChI is InChI=1S/C25H40O9/c1-2-3-4-5-6-7-8-9-10-11-12-13-14-15-21(28)32-17-19(27)18-33-25-24(31)23(30)22(29)20(16-26)34-25/h8-15,19-20,22-27,29-31H,2-7,16-18H2,1H3/b9-8-,11-10+,13-12?,15-14?/t19?,20-,22+,23+,24+,25-/m1/s1. The molecule has 0 aromatic carbocycles. The molecule has 0 amide bonds. The van der Waals surface area contributed by atoms with Crippen molar-refractivity contribution < 1.29 is 44.5 Å². The Morgan fingerprint density at radius 1 is 0.912 bits per heavy atom. The first-order valence-corrected chi connectivity index (χ1v) is 11.8. The minimum Gasteiger partial charge on any atom is -0.460 e. The monoisotopic (exact) mass is 484 g/mol. The summed E-state index contributed by atoms with van der Waals surface area (Å²) >= 11 is 0. The number of aliphatic hydroxyl groups excluding tert-OH is 5. The van der Waals surface area contributed by atoms with Crippen LogP contribution in [0.15, 0.2) is 48.6 Å². The van der Waals surface area contributed by atoms with E-state index in [0.717, 1.165) is 6.42 Å². The van der Waals surface area contributed by atoms with E-state index in [2.05, 4.69) is 13.0 Å². The van der Waals surface area contributed by atoms with Crippen LogP contribution in [0, 0.1) is 0 Å². The molecule has 0 radical (unpaired) electrons.